The van der Waals surface area contributed by atoms with Crippen LogP contribution < -0.4 is 10.2 Å². The van der Waals surface area contributed by atoms with Crippen molar-refractivity contribution < 1.29 is 9.13 Å². The van der Waals surface area contributed by atoms with E-state index in [9.17, 15) is 4.39 Å². The molecule has 6 heteroatoms. The summed E-state index contributed by atoms with van der Waals surface area (Å²) in [5.74, 6) is 0.146. The van der Waals surface area contributed by atoms with Crippen molar-refractivity contribution in [2.45, 2.75) is 13.8 Å². The van der Waals surface area contributed by atoms with Crippen LogP contribution in [0.4, 0.5) is 9.52 Å². The summed E-state index contributed by atoms with van der Waals surface area (Å²) in [7, 11) is 0. The number of aryl methyl sites for hydroxylation is 1. The van der Waals surface area contributed by atoms with E-state index in [1.807, 2.05) is 19.2 Å². The number of hydrogen-bond acceptors (Lipinski definition) is 5. The Morgan fingerprint density at radius 1 is 1.53 bits per heavy atom. The Hall–Kier alpha value is -1.95. The van der Waals surface area contributed by atoms with E-state index in [-0.39, 0.29) is 5.82 Å². The predicted octanol–water partition coefficient (Wildman–Crippen LogP) is 3.44. The molecule has 1 aromatic carbocycles. The SMILES string of the molecule is CCOc1ccc(C=NNc2nc(C)cs2)c(F)c1. The lowest BCUT2D eigenvalue weighted by atomic mass is 10.2. The van der Waals surface area contributed by atoms with Gasteiger partial charge in [0, 0.05) is 17.0 Å². The molecule has 0 aliphatic carbocycles. The number of nitrogens with one attached hydrogen (secondary N) is 1. The number of ether oxygens (including phenoxy) is 1. The predicted molar refractivity (Wildman–Crippen MR) is 75.6 cm³/mol. The van der Waals surface area contributed by atoms with Gasteiger partial charge in [-0.25, -0.2) is 9.37 Å². The third-order valence-electron chi connectivity index (χ3n) is 2.27. The van der Waals surface area contributed by atoms with Crippen LogP contribution in [0.15, 0.2) is 28.7 Å². The molecule has 2 rings (SSSR count). The van der Waals surface area contributed by atoms with Gasteiger partial charge in [-0.15, -0.1) is 11.3 Å². The molecule has 2 aromatic rings. The van der Waals surface area contributed by atoms with Crippen LogP contribution >= 0.6 is 11.3 Å². The van der Waals surface area contributed by atoms with E-state index in [2.05, 4.69) is 15.5 Å². The molecule has 0 bridgehead atoms. The van der Waals surface area contributed by atoms with Crippen molar-refractivity contribution in [2.75, 3.05) is 12.0 Å². The van der Waals surface area contributed by atoms with Gasteiger partial charge in [0.05, 0.1) is 18.5 Å². The number of anilines is 1. The highest BCUT2D eigenvalue weighted by Gasteiger charge is 2.02. The van der Waals surface area contributed by atoms with Crippen molar-refractivity contribution in [1.29, 1.82) is 0 Å². The quantitative estimate of drug-likeness (QED) is 0.673. The maximum atomic E-state index is 13.7. The van der Waals surface area contributed by atoms with E-state index < -0.39 is 0 Å². The Balaban J connectivity index is 2.02. The van der Waals surface area contributed by atoms with Gasteiger partial charge >= 0.3 is 0 Å². The summed E-state index contributed by atoms with van der Waals surface area (Å²) in [4.78, 5) is 4.18. The lowest BCUT2D eigenvalue weighted by Crippen LogP contribution is -1.96. The maximum Gasteiger partial charge on any atom is 0.203 e. The minimum atomic E-state index is -0.369. The zero-order valence-electron chi connectivity index (χ0n) is 10.7. The van der Waals surface area contributed by atoms with Gasteiger partial charge in [0.25, 0.3) is 0 Å². The molecule has 0 saturated carbocycles. The van der Waals surface area contributed by atoms with Crippen LogP contribution in [0, 0.1) is 12.7 Å². The van der Waals surface area contributed by atoms with Gasteiger partial charge in [-0.3, -0.25) is 5.43 Å². The standard InChI is InChI=1S/C13H14FN3OS/c1-3-18-11-5-4-10(12(14)6-11)7-15-17-13-16-9(2)8-19-13/h4-8H,3H2,1-2H3,(H,16,17). The van der Waals surface area contributed by atoms with E-state index >= 15 is 0 Å². The van der Waals surface area contributed by atoms with Gasteiger partial charge in [0.15, 0.2) is 0 Å². The third-order valence-corrected chi connectivity index (χ3v) is 3.13. The molecule has 1 N–H and O–H groups in total. The van der Waals surface area contributed by atoms with Crippen molar-refractivity contribution in [2.24, 2.45) is 5.10 Å². The van der Waals surface area contributed by atoms with E-state index in [0.29, 0.717) is 23.1 Å². The summed E-state index contributed by atoms with van der Waals surface area (Å²) in [5.41, 5.74) is 4.08. The largest absolute Gasteiger partial charge is 0.494 e. The first-order valence-electron chi connectivity index (χ1n) is 5.82. The number of hydrogen-bond donors (Lipinski definition) is 1. The van der Waals surface area contributed by atoms with E-state index in [1.54, 1.807) is 12.1 Å². The lowest BCUT2D eigenvalue weighted by Gasteiger charge is -2.03. The number of rotatable bonds is 5. The molecule has 4 nitrogen and oxygen atoms in total. The van der Waals surface area contributed by atoms with E-state index in [1.165, 1.54) is 23.6 Å². The number of thiazole rings is 1. The summed E-state index contributed by atoms with van der Waals surface area (Å²) >= 11 is 1.45. The molecule has 1 aromatic heterocycles. The number of hydrazone groups is 1. The molecule has 0 unspecified atom stereocenters. The molecule has 19 heavy (non-hydrogen) atoms. The van der Waals surface area contributed by atoms with Crippen LogP contribution in [0.5, 0.6) is 5.75 Å². The first-order valence-corrected chi connectivity index (χ1v) is 6.70. The van der Waals surface area contributed by atoms with Gasteiger partial charge in [0.1, 0.15) is 11.6 Å². The van der Waals surface area contributed by atoms with E-state index in [4.69, 9.17) is 4.74 Å². The maximum absolute atomic E-state index is 13.7. The molecule has 0 saturated heterocycles. The van der Waals surface area contributed by atoms with Crippen LogP contribution in [0.1, 0.15) is 18.2 Å². The molecule has 0 radical (unpaired) electrons. The Morgan fingerprint density at radius 2 is 2.37 bits per heavy atom. The Bertz CT molecular complexity index is 583. The lowest BCUT2D eigenvalue weighted by molar-refractivity contribution is 0.338. The second kappa shape index (κ2) is 6.29. The normalized spacial score (nSPS) is 10.9. The topological polar surface area (TPSA) is 46.5 Å². The highest BCUT2D eigenvalue weighted by molar-refractivity contribution is 7.13. The third kappa shape index (κ3) is 3.75. The van der Waals surface area contributed by atoms with Crippen molar-refractivity contribution >= 4 is 22.7 Å². The van der Waals surface area contributed by atoms with Gasteiger partial charge in [-0.1, -0.05) is 0 Å². The minimum absolute atomic E-state index is 0.369. The van der Waals surface area contributed by atoms with Crippen LogP contribution in [-0.4, -0.2) is 17.8 Å². The highest BCUT2D eigenvalue weighted by Crippen LogP contribution is 2.16. The van der Waals surface area contributed by atoms with Gasteiger partial charge in [-0.2, -0.15) is 5.10 Å². The Kier molecular flexibility index (Phi) is 4.46. The van der Waals surface area contributed by atoms with Crippen molar-refractivity contribution in [3.05, 3.63) is 40.7 Å². The number of halogens is 1. The average molecular weight is 279 g/mol. The summed E-state index contributed by atoms with van der Waals surface area (Å²) < 4.78 is 18.9. The Morgan fingerprint density at radius 3 is 3.00 bits per heavy atom. The molecule has 100 valence electrons. The monoisotopic (exact) mass is 279 g/mol. The van der Waals surface area contributed by atoms with Crippen LogP contribution in [0.25, 0.3) is 0 Å². The van der Waals surface area contributed by atoms with Crippen LogP contribution in [0.3, 0.4) is 0 Å². The fourth-order valence-corrected chi connectivity index (χ4v) is 2.07. The Labute approximate surface area is 115 Å². The summed E-state index contributed by atoms with van der Waals surface area (Å²) in [6.07, 6.45) is 1.42. The second-order valence-electron chi connectivity index (χ2n) is 3.78. The molecule has 0 amide bonds. The van der Waals surface area contributed by atoms with Crippen molar-refractivity contribution in [1.82, 2.24) is 4.98 Å². The second-order valence-corrected chi connectivity index (χ2v) is 4.64. The average Bonchev–Trinajstić information content (AvgIpc) is 2.78. The van der Waals surface area contributed by atoms with Crippen LogP contribution in [-0.2, 0) is 0 Å². The zero-order chi connectivity index (χ0) is 13.7. The summed E-state index contributed by atoms with van der Waals surface area (Å²) in [6, 6.07) is 4.68. The van der Waals surface area contributed by atoms with Gasteiger partial charge in [0.2, 0.25) is 5.13 Å². The van der Waals surface area contributed by atoms with Crippen molar-refractivity contribution in [3.63, 3.8) is 0 Å². The molecule has 0 atom stereocenters. The first-order chi connectivity index (χ1) is 9.19. The highest BCUT2D eigenvalue weighted by atomic mass is 32.1. The summed E-state index contributed by atoms with van der Waals surface area (Å²) in [5, 5.41) is 6.55. The fourth-order valence-electron chi connectivity index (χ4n) is 1.43. The van der Waals surface area contributed by atoms with Crippen molar-refractivity contribution in [3.8, 4) is 5.75 Å². The molecule has 1 heterocycles. The molecule has 0 aliphatic heterocycles. The molecule has 0 spiro atoms. The molecular formula is C13H14FN3OS. The summed E-state index contributed by atoms with van der Waals surface area (Å²) in [6.45, 7) is 4.27. The number of aromatic nitrogens is 1. The number of nitrogens with zero attached hydrogens (tertiary/aromatic N) is 2. The van der Waals surface area contributed by atoms with Crippen LogP contribution in [0.2, 0.25) is 0 Å². The van der Waals surface area contributed by atoms with Gasteiger partial charge < -0.3 is 4.74 Å². The smallest absolute Gasteiger partial charge is 0.203 e. The van der Waals surface area contributed by atoms with E-state index in [0.717, 1.165) is 5.69 Å². The minimum Gasteiger partial charge on any atom is -0.494 e. The zero-order valence-corrected chi connectivity index (χ0v) is 11.5. The number of benzene rings is 1. The fraction of sp³-hybridized carbons (Fsp3) is 0.231. The molecular weight excluding hydrogens is 265 g/mol. The first kappa shape index (κ1) is 13.5. The molecule has 0 fully saturated rings. The molecule has 0 aliphatic rings. The van der Waals surface area contributed by atoms with Gasteiger partial charge in [-0.05, 0) is 26.0 Å².